The van der Waals surface area contributed by atoms with E-state index in [9.17, 15) is 0 Å². The van der Waals surface area contributed by atoms with Crippen LogP contribution in [-0.2, 0) is 0 Å². The molecule has 0 saturated heterocycles. The maximum absolute atomic E-state index is 4.66. The molecule has 120 valence electrons. The Balaban J connectivity index is 2.01. The van der Waals surface area contributed by atoms with E-state index in [-0.39, 0.29) is 5.54 Å². The Bertz CT molecular complexity index is 846. The standard InChI is InChI=1S/C18H24N5/c1-11-7-15-10-23(21-14(4)16(15)8-12(11)2)22-17-19-13(3)9-18(5,6)20-17/h7-8,10H,9H2,1-6H3,(H,20,21,22)/q+1. The van der Waals surface area contributed by atoms with Crippen LogP contribution in [0.4, 0.5) is 0 Å². The summed E-state index contributed by atoms with van der Waals surface area (Å²) in [5, 5.41) is 6.93. The van der Waals surface area contributed by atoms with Gasteiger partial charge in [-0.2, -0.15) is 0 Å². The molecule has 1 aliphatic rings. The molecule has 0 bridgehead atoms. The quantitative estimate of drug-likeness (QED) is 0.823. The zero-order chi connectivity index (χ0) is 16.8. The van der Waals surface area contributed by atoms with E-state index in [1.54, 1.807) is 4.79 Å². The highest BCUT2D eigenvalue weighted by atomic mass is 15.6. The zero-order valence-electron chi connectivity index (χ0n) is 14.7. The predicted molar refractivity (Wildman–Crippen MR) is 94.7 cm³/mol. The molecule has 1 aromatic heterocycles. The summed E-state index contributed by atoms with van der Waals surface area (Å²) in [7, 11) is 0. The second-order valence-electron chi connectivity index (χ2n) is 7.07. The smallest absolute Gasteiger partial charge is 0.240 e. The summed E-state index contributed by atoms with van der Waals surface area (Å²) in [5.41, 5.74) is 7.69. The van der Waals surface area contributed by atoms with Gasteiger partial charge in [0.15, 0.2) is 0 Å². The van der Waals surface area contributed by atoms with Gasteiger partial charge in [0.25, 0.3) is 5.96 Å². The molecule has 5 heteroatoms. The van der Waals surface area contributed by atoms with E-state index in [2.05, 4.69) is 60.3 Å². The normalized spacial score (nSPS) is 17.0. The average molecular weight is 310 g/mol. The lowest BCUT2D eigenvalue weighted by molar-refractivity contribution is -0.700. The van der Waals surface area contributed by atoms with E-state index in [1.807, 2.05) is 20.0 Å². The van der Waals surface area contributed by atoms with Gasteiger partial charge in [-0.25, -0.2) is 9.98 Å². The molecule has 0 saturated carbocycles. The van der Waals surface area contributed by atoms with Crippen LogP contribution in [0.3, 0.4) is 0 Å². The van der Waals surface area contributed by atoms with E-state index >= 15 is 0 Å². The minimum absolute atomic E-state index is 0.131. The van der Waals surface area contributed by atoms with Crippen molar-refractivity contribution < 1.29 is 4.79 Å². The highest BCUT2D eigenvalue weighted by Crippen LogP contribution is 2.20. The second-order valence-corrected chi connectivity index (χ2v) is 7.07. The number of benzene rings is 1. The molecule has 0 unspecified atom stereocenters. The molecule has 1 aromatic carbocycles. The summed E-state index contributed by atoms with van der Waals surface area (Å²) in [6, 6.07) is 4.39. The van der Waals surface area contributed by atoms with Crippen molar-refractivity contribution in [1.82, 2.24) is 5.10 Å². The Morgan fingerprint density at radius 3 is 2.48 bits per heavy atom. The summed E-state index contributed by atoms with van der Waals surface area (Å²) in [6.45, 7) is 12.5. The minimum atomic E-state index is -0.131. The number of nitrogens with zero attached hydrogens (tertiary/aromatic N) is 4. The predicted octanol–water partition coefficient (Wildman–Crippen LogP) is 2.99. The first kappa shape index (κ1) is 15.6. The Kier molecular flexibility index (Phi) is 3.66. The fourth-order valence-corrected chi connectivity index (χ4v) is 3.04. The first-order chi connectivity index (χ1) is 10.7. The number of rotatable bonds is 1. The van der Waals surface area contributed by atoms with Gasteiger partial charge in [-0.3, -0.25) is 0 Å². The van der Waals surface area contributed by atoms with Crippen LogP contribution in [0, 0.1) is 20.8 Å². The van der Waals surface area contributed by atoms with Crippen LogP contribution >= 0.6 is 0 Å². The first-order valence-corrected chi connectivity index (χ1v) is 7.95. The third-order valence-electron chi connectivity index (χ3n) is 4.18. The summed E-state index contributed by atoms with van der Waals surface area (Å²) < 4.78 is 0. The van der Waals surface area contributed by atoms with Gasteiger partial charge in [0.05, 0.1) is 10.9 Å². The molecule has 1 aliphatic heterocycles. The minimum Gasteiger partial charge on any atom is -0.240 e. The molecule has 5 nitrogen and oxygen atoms in total. The van der Waals surface area contributed by atoms with E-state index in [4.69, 9.17) is 0 Å². The van der Waals surface area contributed by atoms with Gasteiger partial charge in [0.2, 0.25) is 6.20 Å². The molecule has 2 aromatic rings. The van der Waals surface area contributed by atoms with Crippen LogP contribution in [0.5, 0.6) is 0 Å². The number of aliphatic imine (C=N–C) groups is 2. The number of nitrogens with one attached hydrogen (secondary N) is 1. The van der Waals surface area contributed by atoms with Crippen molar-refractivity contribution in [1.29, 1.82) is 0 Å². The van der Waals surface area contributed by atoms with Gasteiger partial charge in [-0.1, -0.05) is 5.43 Å². The fourth-order valence-electron chi connectivity index (χ4n) is 3.04. The molecule has 2 heterocycles. The van der Waals surface area contributed by atoms with Crippen LogP contribution in [-0.4, -0.2) is 22.3 Å². The lowest BCUT2D eigenvalue weighted by Crippen LogP contribution is -2.52. The maximum atomic E-state index is 4.66. The van der Waals surface area contributed by atoms with Crippen molar-refractivity contribution >= 4 is 22.4 Å². The van der Waals surface area contributed by atoms with Crippen molar-refractivity contribution in [2.45, 2.75) is 53.5 Å². The third-order valence-corrected chi connectivity index (χ3v) is 4.18. The highest BCUT2D eigenvalue weighted by Gasteiger charge is 2.25. The van der Waals surface area contributed by atoms with E-state index < -0.39 is 0 Å². The fraction of sp³-hybridized carbons (Fsp3) is 0.444. The Morgan fingerprint density at radius 1 is 1.09 bits per heavy atom. The monoisotopic (exact) mass is 310 g/mol. The molecular formula is C18H24N5+. The lowest BCUT2D eigenvalue weighted by Gasteiger charge is -2.23. The van der Waals surface area contributed by atoms with Crippen molar-refractivity contribution in [3.05, 3.63) is 35.2 Å². The van der Waals surface area contributed by atoms with E-state index in [0.29, 0.717) is 5.96 Å². The molecule has 0 fully saturated rings. The Labute approximate surface area is 137 Å². The van der Waals surface area contributed by atoms with Gasteiger partial charge >= 0.3 is 0 Å². The van der Waals surface area contributed by atoms with Crippen molar-refractivity contribution in [3.8, 4) is 0 Å². The number of aryl methyl sites for hydroxylation is 3. The van der Waals surface area contributed by atoms with Crippen molar-refractivity contribution in [2.24, 2.45) is 9.98 Å². The van der Waals surface area contributed by atoms with Gasteiger partial charge in [-0.05, 0) is 64.8 Å². The van der Waals surface area contributed by atoms with Crippen LogP contribution < -0.4 is 10.2 Å². The van der Waals surface area contributed by atoms with E-state index in [1.165, 1.54) is 16.5 Å². The third kappa shape index (κ3) is 3.23. The summed E-state index contributed by atoms with van der Waals surface area (Å²) >= 11 is 0. The largest absolute Gasteiger partial charge is 0.277 e. The molecular weight excluding hydrogens is 286 g/mol. The van der Waals surface area contributed by atoms with Gasteiger partial charge < -0.3 is 0 Å². The SMILES string of the molecule is CC1=NC(N[n+]2cc3cc(C)c(C)cc3c(C)n2)=NC(C)(C)C1. The van der Waals surface area contributed by atoms with E-state index in [0.717, 1.165) is 23.2 Å². The number of guanidine groups is 1. The number of aromatic nitrogens is 2. The maximum Gasteiger partial charge on any atom is 0.277 e. The van der Waals surface area contributed by atoms with Crippen molar-refractivity contribution in [2.75, 3.05) is 5.43 Å². The van der Waals surface area contributed by atoms with Crippen LogP contribution in [0.1, 0.15) is 44.0 Å². The van der Waals surface area contributed by atoms with Crippen LogP contribution in [0.25, 0.3) is 10.8 Å². The first-order valence-electron chi connectivity index (χ1n) is 7.95. The number of hydrogen-bond acceptors (Lipinski definition) is 4. The molecule has 0 amide bonds. The molecule has 0 aliphatic carbocycles. The zero-order valence-corrected chi connectivity index (χ0v) is 14.7. The average Bonchev–Trinajstić information content (AvgIpc) is 2.38. The topological polar surface area (TPSA) is 53.5 Å². The van der Waals surface area contributed by atoms with Gasteiger partial charge in [-0.15, -0.1) is 0 Å². The van der Waals surface area contributed by atoms with Gasteiger partial charge in [0.1, 0.15) is 5.69 Å². The Morgan fingerprint density at radius 2 is 1.78 bits per heavy atom. The summed E-state index contributed by atoms with van der Waals surface area (Å²) in [5.74, 6) is 0.610. The van der Waals surface area contributed by atoms with Crippen LogP contribution in [0.2, 0.25) is 0 Å². The molecule has 0 spiro atoms. The van der Waals surface area contributed by atoms with Gasteiger partial charge in [0, 0.05) is 27.4 Å². The highest BCUT2D eigenvalue weighted by molar-refractivity contribution is 6.01. The Hall–Kier alpha value is -2.30. The second kappa shape index (κ2) is 5.41. The molecule has 1 N–H and O–H groups in total. The summed E-state index contributed by atoms with van der Waals surface area (Å²) in [6.07, 6.45) is 2.87. The molecule has 0 radical (unpaired) electrons. The number of fused-ring (bicyclic) bond motifs is 1. The summed E-state index contributed by atoms with van der Waals surface area (Å²) in [4.78, 5) is 10.9. The molecule has 0 atom stereocenters. The molecule has 23 heavy (non-hydrogen) atoms. The number of hydrogen-bond donors (Lipinski definition) is 1. The lowest BCUT2D eigenvalue weighted by atomic mass is 9.98. The van der Waals surface area contributed by atoms with Crippen LogP contribution in [0.15, 0.2) is 28.3 Å². The molecule has 3 rings (SSSR count). The van der Waals surface area contributed by atoms with Crippen molar-refractivity contribution in [3.63, 3.8) is 0 Å².